The number of urea groups is 1. The van der Waals surface area contributed by atoms with Crippen molar-refractivity contribution in [2.75, 3.05) is 5.73 Å². The van der Waals surface area contributed by atoms with Crippen molar-refractivity contribution < 1.29 is 4.79 Å². The van der Waals surface area contributed by atoms with E-state index in [1.165, 1.54) is 0 Å². The van der Waals surface area contributed by atoms with Gasteiger partial charge in [0.15, 0.2) is 0 Å². The number of hydrogen-bond acceptors (Lipinski definition) is 2. The van der Waals surface area contributed by atoms with E-state index in [4.69, 9.17) is 5.73 Å². The van der Waals surface area contributed by atoms with Crippen LogP contribution in [0.1, 0.15) is 46.6 Å². The molecule has 1 aromatic carbocycles. The maximum absolute atomic E-state index is 12.0. The van der Waals surface area contributed by atoms with Crippen LogP contribution in [-0.4, -0.2) is 11.6 Å². The van der Waals surface area contributed by atoms with Crippen molar-refractivity contribution in [3.63, 3.8) is 0 Å². The molecule has 2 amide bonds. The normalized spacial score (nSPS) is 12.1. The Labute approximate surface area is 115 Å². The first kappa shape index (κ1) is 15.3. The van der Waals surface area contributed by atoms with E-state index in [1.807, 2.05) is 58.9 Å². The van der Waals surface area contributed by atoms with Gasteiger partial charge in [-0.15, -0.1) is 0 Å². The smallest absolute Gasteiger partial charge is 0.315 e. The van der Waals surface area contributed by atoms with Crippen molar-refractivity contribution in [1.82, 2.24) is 10.6 Å². The lowest BCUT2D eigenvalue weighted by Gasteiger charge is -2.31. The second kappa shape index (κ2) is 5.51. The van der Waals surface area contributed by atoms with Crippen LogP contribution in [0.2, 0.25) is 0 Å². The fraction of sp³-hybridized carbons (Fsp3) is 0.533. The summed E-state index contributed by atoms with van der Waals surface area (Å²) < 4.78 is 0. The zero-order valence-electron chi connectivity index (χ0n) is 12.5. The molecule has 1 aromatic rings. The molecular formula is C15H25N3O. The van der Waals surface area contributed by atoms with E-state index in [0.717, 1.165) is 17.7 Å². The standard InChI is InChI=1S/C15H25N3O/c1-6-14(2,3)17-13(19)18-15(4,5)11-7-9-12(16)10-8-11/h7-10H,6,16H2,1-5H3,(H2,17,18,19). The highest BCUT2D eigenvalue weighted by Gasteiger charge is 2.25. The van der Waals surface area contributed by atoms with Crippen molar-refractivity contribution in [3.05, 3.63) is 29.8 Å². The fourth-order valence-electron chi connectivity index (χ4n) is 1.68. The molecule has 0 aliphatic carbocycles. The number of anilines is 1. The van der Waals surface area contributed by atoms with Gasteiger partial charge in [0.05, 0.1) is 5.54 Å². The molecule has 0 unspecified atom stereocenters. The highest BCUT2D eigenvalue weighted by atomic mass is 16.2. The van der Waals surface area contributed by atoms with Crippen LogP contribution in [-0.2, 0) is 5.54 Å². The molecule has 0 saturated carbocycles. The minimum absolute atomic E-state index is 0.159. The van der Waals surface area contributed by atoms with E-state index in [-0.39, 0.29) is 11.6 Å². The number of carbonyl (C=O) groups is 1. The lowest BCUT2D eigenvalue weighted by molar-refractivity contribution is 0.218. The van der Waals surface area contributed by atoms with Crippen LogP contribution in [0.5, 0.6) is 0 Å². The second-order valence-electron chi connectivity index (χ2n) is 6.06. The van der Waals surface area contributed by atoms with E-state index in [9.17, 15) is 4.79 Å². The quantitative estimate of drug-likeness (QED) is 0.731. The number of hydrogen-bond donors (Lipinski definition) is 3. The molecule has 4 nitrogen and oxygen atoms in total. The van der Waals surface area contributed by atoms with Gasteiger partial charge in [0, 0.05) is 11.2 Å². The van der Waals surface area contributed by atoms with Gasteiger partial charge in [-0.1, -0.05) is 19.1 Å². The number of rotatable bonds is 4. The maximum atomic E-state index is 12.0. The van der Waals surface area contributed by atoms with Gasteiger partial charge >= 0.3 is 6.03 Å². The summed E-state index contributed by atoms with van der Waals surface area (Å²) in [6.45, 7) is 9.99. The Morgan fingerprint density at radius 2 is 1.63 bits per heavy atom. The molecule has 0 spiro atoms. The molecule has 0 atom stereocenters. The van der Waals surface area contributed by atoms with E-state index in [1.54, 1.807) is 0 Å². The highest BCUT2D eigenvalue weighted by Crippen LogP contribution is 2.21. The van der Waals surface area contributed by atoms with Crippen LogP contribution in [0.4, 0.5) is 10.5 Å². The summed E-state index contributed by atoms with van der Waals surface area (Å²) in [6, 6.07) is 7.38. The zero-order chi connectivity index (χ0) is 14.7. The van der Waals surface area contributed by atoms with Crippen molar-refractivity contribution >= 4 is 11.7 Å². The van der Waals surface area contributed by atoms with Gasteiger partial charge in [-0.3, -0.25) is 0 Å². The zero-order valence-corrected chi connectivity index (χ0v) is 12.5. The van der Waals surface area contributed by atoms with Gasteiger partial charge in [0.2, 0.25) is 0 Å². The minimum Gasteiger partial charge on any atom is -0.399 e. The van der Waals surface area contributed by atoms with E-state index in [0.29, 0.717) is 0 Å². The number of nitrogen functional groups attached to an aromatic ring is 1. The first-order valence-corrected chi connectivity index (χ1v) is 6.62. The maximum Gasteiger partial charge on any atom is 0.315 e. The summed E-state index contributed by atoms with van der Waals surface area (Å²) >= 11 is 0. The number of amides is 2. The lowest BCUT2D eigenvalue weighted by atomic mass is 9.94. The Bertz CT molecular complexity index is 435. The largest absolute Gasteiger partial charge is 0.399 e. The third kappa shape index (κ3) is 4.47. The summed E-state index contributed by atoms with van der Waals surface area (Å²) in [5.74, 6) is 0. The van der Waals surface area contributed by atoms with Crippen molar-refractivity contribution in [2.45, 2.75) is 52.1 Å². The number of benzene rings is 1. The third-order valence-electron chi connectivity index (χ3n) is 3.39. The molecule has 0 saturated heterocycles. The van der Waals surface area contributed by atoms with E-state index in [2.05, 4.69) is 10.6 Å². The minimum atomic E-state index is -0.443. The first-order valence-electron chi connectivity index (χ1n) is 6.62. The van der Waals surface area contributed by atoms with E-state index >= 15 is 0 Å². The van der Waals surface area contributed by atoms with Crippen LogP contribution in [0.25, 0.3) is 0 Å². The van der Waals surface area contributed by atoms with Gasteiger partial charge in [-0.05, 0) is 51.8 Å². The van der Waals surface area contributed by atoms with Gasteiger partial charge in [-0.25, -0.2) is 4.79 Å². The number of nitrogens with one attached hydrogen (secondary N) is 2. The summed E-state index contributed by atoms with van der Waals surface area (Å²) in [7, 11) is 0. The Balaban J connectivity index is 2.74. The average molecular weight is 263 g/mol. The average Bonchev–Trinajstić information content (AvgIpc) is 2.28. The Morgan fingerprint density at radius 3 is 2.11 bits per heavy atom. The van der Waals surface area contributed by atoms with Crippen molar-refractivity contribution in [3.8, 4) is 0 Å². The van der Waals surface area contributed by atoms with Crippen LogP contribution in [0, 0.1) is 0 Å². The molecule has 0 bridgehead atoms. The molecule has 4 heteroatoms. The van der Waals surface area contributed by atoms with Crippen molar-refractivity contribution in [2.24, 2.45) is 0 Å². The summed E-state index contributed by atoms with van der Waals surface area (Å²) in [5.41, 5.74) is 6.76. The van der Waals surface area contributed by atoms with Crippen LogP contribution in [0.15, 0.2) is 24.3 Å². The van der Waals surface area contributed by atoms with Gasteiger partial charge in [-0.2, -0.15) is 0 Å². The molecule has 0 fully saturated rings. The molecule has 4 N–H and O–H groups in total. The molecule has 106 valence electrons. The number of carbonyl (C=O) groups excluding carboxylic acids is 1. The summed E-state index contributed by atoms with van der Waals surface area (Å²) in [5, 5.41) is 5.96. The third-order valence-corrected chi connectivity index (χ3v) is 3.39. The molecule has 0 aliphatic rings. The van der Waals surface area contributed by atoms with Crippen LogP contribution >= 0.6 is 0 Å². The summed E-state index contributed by atoms with van der Waals surface area (Å²) in [4.78, 5) is 12.0. The van der Waals surface area contributed by atoms with Crippen LogP contribution in [0.3, 0.4) is 0 Å². The lowest BCUT2D eigenvalue weighted by Crippen LogP contribution is -2.52. The van der Waals surface area contributed by atoms with Gasteiger partial charge in [0.25, 0.3) is 0 Å². The monoisotopic (exact) mass is 263 g/mol. The topological polar surface area (TPSA) is 67.2 Å². The van der Waals surface area contributed by atoms with Gasteiger partial charge in [0.1, 0.15) is 0 Å². The summed E-state index contributed by atoms with van der Waals surface area (Å²) in [6.07, 6.45) is 0.878. The van der Waals surface area contributed by atoms with Gasteiger partial charge < -0.3 is 16.4 Å². The molecule has 0 aliphatic heterocycles. The molecule has 0 heterocycles. The molecule has 0 aromatic heterocycles. The van der Waals surface area contributed by atoms with Crippen LogP contribution < -0.4 is 16.4 Å². The number of nitrogens with two attached hydrogens (primary N) is 1. The second-order valence-corrected chi connectivity index (χ2v) is 6.06. The predicted octanol–water partition coefficient (Wildman–Crippen LogP) is 2.99. The molecular weight excluding hydrogens is 238 g/mol. The van der Waals surface area contributed by atoms with Crippen molar-refractivity contribution in [1.29, 1.82) is 0 Å². The Kier molecular flexibility index (Phi) is 4.45. The SMILES string of the molecule is CCC(C)(C)NC(=O)NC(C)(C)c1ccc(N)cc1. The Hall–Kier alpha value is -1.71. The predicted molar refractivity (Wildman–Crippen MR) is 79.9 cm³/mol. The molecule has 0 radical (unpaired) electrons. The fourth-order valence-corrected chi connectivity index (χ4v) is 1.68. The Morgan fingerprint density at radius 1 is 1.11 bits per heavy atom. The molecule has 1 rings (SSSR count). The first-order chi connectivity index (χ1) is 8.66. The highest BCUT2D eigenvalue weighted by molar-refractivity contribution is 5.75. The van der Waals surface area contributed by atoms with E-state index < -0.39 is 5.54 Å². The molecule has 19 heavy (non-hydrogen) atoms.